The van der Waals surface area contributed by atoms with Crippen molar-refractivity contribution in [1.29, 1.82) is 0 Å². The molecule has 0 bridgehead atoms. The van der Waals surface area contributed by atoms with E-state index in [0.29, 0.717) is 18.8 Å². The van der Waals surface area contributed by atoms with Gasteiger partial charge in [0.05, 0.1) is 18.0 Å². The number of aryl methyl sites for hydroxylation is 1. The van der Waals surface area contributed by atoms with Crippen LogP contribution in [0.5, 0.6) is 0 Å². The van der Waals surface area contributed by atoms with Crippen molar-refractivity contribution in [2.24, 2.45) is 0 Å². The molecule has 6 nitrogen and oxygen atoms in total. The zero-order valence-electron chi connectivity index (χ0n) is 22.3. The third kappa shape index (κ3) is 6.52. The van der Waals surface area contributed by atoms with Gasteiger partial charge in [-0.2, -0.15) is 4.31 Å². The summed E-state index contributed by atoms with van der Waals surface area (Å²) in [7, 11) is -3.85. The van der Waals surface area contributed by atoms with Crippen molar-refractivity contribution in [3.8, 4) is 0 Å². The number of rotatable bonds is 11. The lowest BCUT2D eigenvalue weighted by Crippen LogP contribution is -2.33. The first-order valence-corrected chi connectivity index (χ1v) is 14.6. The summed E-state index contributed by atoms with van der Waals surface area (Å²) < 4.78 is 44.7. The van der Waals surface area contributed by atoms with Gasteiger partial charge in [-0.15, -0.1) is 10.2 Å². The molecule has 0 aliphatic heterocycles. The molecule has 8 heteroatoms. The van der Waals surface area contributed by atoms with Gasteiger partial charge in [0.2, 0.25) is 10.0 Å². The number of nitrogens with zero attached hydrogens (tertiary/aromatic N) is 4. The maximum absolute atomic E-state index is 14.0. The molecule has 0 N–H and O–H groups in total. The van der Waals surface area contributed by atoms with Crippen molar-refractivity contribution in [3.63, 3.8) is 0 Å². The number of sulfonamides is 1. The second kappa shape index (κ2) is 12.4. The van der Waals surface area contributed by atoms with Crippen molar-refractivity contribution < 1.29 is 12.8 Å². The van der Waals surface area contributed by atoms with E-state index >= 15 is 0 Å². The van der Waals surface area contributed by atoms with E-state index in [0.717, 1.165) is 22.3 Å². The van der Waals surface area contributed by atoms with Gasteiger partial charge in [0.15, 0.2) is 0 Å². The Hall–Kier alpha value is -4.14. The van der Waals surface area contributed by atoms with Gasteiger partial charge >= 0.3 is 0 Å². The lowest BCUT2D eigenvalue weighted by atomic mass is 9.88. The molecule has 40 heavy (non-hydrogen) atoms. The van der Waals surface area contributed by atoms with E-state index in [1.807, 2.05) is 43.3 Å². The Bertz CT molecular complexity index is 1580. The first-order chi connectivity index (χ1) is 19.4. The summed E-state index contributed by atoms with van der Waals surface area (Å²) in [5.74, 6) is 0.209. The molecule has 0 fully saturated rings. The van der Waals surface area contributed by atoms with Crippen molar-refractivity contribution in [1.82, 2.24) is 19.1 Å². The zero-order chi connectivity index (χ0) is 28.0. The first kappa shape index (κ1) is 27.4. The maximum atomic E-state index is 14.0. The van der Waals surface area contributed by atoms with Crippen molar-refractivity contribution in [2.75, 3.05) is 6.54 Å². The summed E-state index contributed by atoms with van der Waals surface area (Å²) in [6, 6.07) is 33.4. The van der Waals surface area contributed by atoms with E-state index in [1.165, 1.54) is 16.4 Å². The fraction of sp³-hybridized carbons (Fsp3) is 0.188. The van der Waals surface area contributed by atoms with Gasteiger partial charge in [-0.1, -0.05) is 90.5 Å². The molecule has 5 rings (SSSR count). The molecule has 0 aliphatic carbocycles. The molecule has 0 unspecified atom stereocenters. The fourth-order valence-electron chi connectivity index (χ4n) is 4.79. The molecule has 0 saturated heterocycles. The Labute approximate surface area is 234 Å². The predicted molar refractivity (Wildman–Crippen MR) is 154 cm³/mol. The number of aromatic nitrogens is 3. The normalized spacial score (nSPS) is 11.8. The third-order valence-corrected chi connectivity index (χ3v) is 8.87. The molecular weight excluding hydrogens is 523 g/mol. The molecule has 0 radical (unpaired) electrons. The standard InChI is InChI=1S/C32H31FN4O2S/c1-25-12-18-30(19-13-25)40(38,39)37(23-32-35-34-24-36(32)22-26-14-16-29(33)17-15-26)21-20-31(27-8-4-2-5-9-27)28-10-6-3-7-11-28/h2-19,24,31H,20-23H2,1H3. The minimum absolute atomic E-state index is 0.00945. The Morgan fingerprint density at radius 3 is 2.02 bits per heavy atom. The summed E-state index contributed by atoms with van der Waals surface area (Å²) in [6.45, 7) is 2.65. The average Bonchev–Trinajstić information content (AvgIpc) is 3.41. The highest BCUT2D eigenvalue weighted by atomic mass is 32.2. The Balaban J connectivity index is 1.46. The van der Waals surface area contributed by atoms with E-state index in [4.69, 9.17) is 0 Å². The van der Waals surface area contributed by atoms with Gasteiger partial charge in [-0.3, -0.25) is 0 Å². The summed E-state index contributed by atoms with van der Waals surface area (Å²) in [5, 5.41) is 8.33. The molecule has 5 aromatic rings. The van der Waals surface area contributed by atoms with Gasteiger partial charge in [-0.05, 0) is 54.3 Å². The van der Waals surface area contributed by atoms with Crippen LogP contribution in [0.15, 0.2) is 120 Å². The van der Waals surface area contributed by atoms with E-state index in [1.54, 1.807) is 47.3 Å². The summed E-state index contributed by atoms with van der Waals surface area (Å²) in [4.78, 5) is 0.235. The maximum Gasteiger partial charge on any atom is 0.243 e. The number of benzene rings is 4. The number of hydrogen-bond donors (Lipinski definition) is 0. The second-order valence-corrected chi connectivity index (χ2v) is 11.8. The Morgan fingerprint density at radius 1 is 0.825 bits per heavy atom. The highest BCUT2D eigenvalue weighted by Gasteiger charge is 2.28. The zero-order valence-corrected chi connectivity index (χ0v) is 23.1. The van der Waals surface area contributed by atoms with Crippen molar-refractivity contribution in [2.45, 2.75) is 37.2 Å². The van der Waals surface area contributed by atoms with Crippen LogP contribution in [0, 0.1) is 12.7 Å². The van der Waals surface area contributed by atoms with Crippen molar-refractivity contribution in [3.05, 3.63) is 149 Å². The van der Waals surface area contributed by atoms with Gasteiger partial charge in [0, 0.05) is 12.5 Å². The Kier molecular flexibility index (Phi) is 8.48. The van der Waals surface area contributed by atoms with E-state index in [2.05, 4.69) is 34.5 Å². The molecule has 0 saturated carbocycles. The summed E-state index contributed by atoms with van der Waals surface area (Å²) in [5.41, 5.74) is 4.10. The van der Waals surface area contributed by atoms with Gasteiger partial charge in [-0.25, -0.2) is 12.8 Å². The van der Waals surface area contributed by atoms with Crippen LogP contribution in [-0.4, -0.2) is 34.0 Å². The van der Waals surface area contributed by atoms with Crippen LogP contribution in [0.2, 0.25) is 0 Å². The molecule has 0 amide bonds. The smallest absolute Gasteiger partial charge is 0.243 e. The van der Waals surface area contributed by atoms with Crippen LogP contribution in [0.4, 0.5) is 4.39 Å². The first-order valence-electron chi connectivity index (χ1n) is 13.2. The highest BCUT2D eigenvalue weighted by molar-refractivity contribution is 7.89. The largest absolute Gasteiger partial charge is 0.312 e. The second-order valence-electron chi connectivity index (χ2n) is 9.82. The van der Waals surface area contributed by atoms with E-state index in [9.17, 15) is 12.8 Å². The molecule has 1 heterocycles. The molecule has 0 atom stereocenters. The molecular formula is C32H31FN4O2S. The van der Waals surface area contributed by atoms with Crippen LogP contribution >= 0.6 is 0 Å². The van der Waals surface area contributed by atoms with Crippen LogP contribution in [0.3, 0.4) is 0 Å². The van der Waals surface area contributed by atoms with Gasteiger partial charge in [0.25, 0.3) is 0 Å². The minimum atomic E-state index is -3.85. The average molecular weight is 555 g/mol. The lowest BCUT2D eigenvalue weighted by molar-refractivity contribution is 0.378. The number of halogens is 1. The third-order valence-electron chi connectivity index (χ3n) is 7.01. The highest BCUT2D eigenvalue weighted by Crippen LogP contribution is 2.30. The summed E-state index contributed by atoms with van der Waals surface area (Å²) in [6.07, 6.45) is 2.15. The summed E-state index contributed by atoms with van der Waals surface area (Å²) >= 11 is 0. The van der Waals surface area contributed by atoms with Gasteiger partial charge < -0.3 is 4.57 Å². The lowest BCUT2D eigenvalue weighted by Gasteiger charge is -2.25. The van der Waals surface area contributed by atoms with Gasteiger partial charge in [0.1, 0.15) is 18.0 Å². The quantitative estimate of drug-likeness (QED) is 0.195. The monoisotopic (exact) mass is 554 g/mol. The number of hydrogen-bond acceptors (Lipinski definition) is 4. The predicted octanol–water partition coefficient (Wildman–Crippen LogP) is 6.19. The van der Waals surface area contributed by atoms with E-state index in [-0.39, 0.29) is 29.7 Å². The molecule has 0 aliphatic rings. The molecule has 4 aromatic carbocycles. The van der Waals surface area contributed by atoms with Crippen molar-refractivity contribution >= 4 is 10.0 Å². The van der Waals surface area contributed by atoms with Crippen LogP contribution in [0.1, 0.15) is 40.4 Å². The molecule has 1 aromatic heterocycles. The SMILES string of the molecule is Cc1ccc(S(=O)(=O)N(CCC(c2ccccc2)c2ccccc2)Cc2nncn2Cc2ccc(F)cc2)cc1. The topological polar surface area (TPSA) is 68.1 Å². The van der Waals surface area contributed by atoms with Crippen LogP contribution < -0.4 is 0 Å². The Morgan fingerprint density at radius 2 is 1.43 bits per heavy atom. The minimum Gasteiger partial charge on any atom is -0.312 e. The van der Waals surface area contributed by atoms with Crippen LogP contribution in [0.25, 0.3) is 0 Å². The molecule has 0 spiro atoms. The fourth-order valence-corrected chi connectivity index (χ4v) is 6.20. The van der Waals surface area contributed by atoms with Crippen LogP contribution in [-0.2, 0) is 23.1 Å². The van der Waals surface area contributed by atoms with E-state index < -0.39 is 10.0 Å². The molecule has 204 valence electrons.